The molecule has 0 atom stereocenters. The van der Waals surface area contributed by atoms with Gasteiger partial charge in [0.2, 0.25) is 11.7 Å². The van der Waals surface area contributed by atoms with Gasteiger partial charge in [0.1, 0.15) is 11.6 Å². The predicted molar refractivity (Wildman–Crippen MR) is 111 cm³/mol. The molecule has 1 spiro atoms. The number of fused-ring (bicyclic) bond motifs is 2. The molecule has 1 aliphatic heterocycles. The lowest BCUT2D eigenvalue weighted by Crippen LogP contribution is -2.23. The maximum absolute atomic E-state index is 14.4. The minimum atomic E-state index is -3.33. The summed E-state index contributed by atoms with van der Waals surface area (Å²) in [5.74, 6) is -4.38. The summed E-state index contributed by atoms with van der Waals surface area (Å²) in [6.45, 7) is 2.61. The Kier molecular flexibility index (Phi) is 4.44. The molecule has 7 nitrogen and oxygen atoms in total. The molecule has 1 fully saturated rings. The highest BCUT2D eigenvalue weighted by Gasteiger charge is 2.53. The highest BCUT2D eigenvalue weighted by Crippen LogP contribution is 2.58. The van der Waals surface area contributed by atoms with Crippen LogP contribution in [0.25, 0.3) is 11.3 Å². The van der Waals surface area contributed by atoms with Gasteiger partial charge in [-0.25, -0.2) is 19.3 Å². The fraction of sp³-hybridized carbons (Fsp3) is 0.318. The Morgan fingerprint density at radius 3 is 2.66 bits per heavy atom. The van der Waals surface area contributed by atoms with Gasteiger partial charge in [-0.3, -0.25) is 9.78 Å². The highest BCUT2D eigenvalue weighted by atomic mass is 19.3. The van der Waals surface area contributed by atoms with Crippen LogP contribution in [0.4, 0.5) is 30.5 Å². The van der Waals surface area contributed by atoms with Crippen LogP contribution in [0.1, 0.15) is 38.1 Å². The zero-order chi connectivity index (χ0) is 22.7. The van der Waals surface area contributed by atoms with E-state index in [-0.39, 0.29) is 28.4 Å². The number of pyridine rings is 2. The van der Waals surface area contributed by atoms with Crippen molar-refractivity contribution < 1.29 is 18.0 Å². The number of anilines is 3. The summed E-state index contributed by atoms with van der Waals surface area (Å²) < 4.78 is 42.9. The molecule has 5 rings (SSSR count). The molecular weight excluding hydrogens is 421 g/mol. The smallest absolute Gasteiger partial charge is 0.303 e. The third-order valence-electron chi connectivity index (χ3n) is 5.79. The summed E-state index contributed by atoms with van der Waals surface area (Å²) in [4.78, 5) is 29.4. The van der Waals surface area contributed by atoms with Gasteiger partial charge < -0.3 is 10.2 Å². The lowest BCUT2D eigenvalue weighted by molar-refractivity contribution is -0.114. The van der Waals surface area contributed by atoms with Crippen LogP contribution in [0.3, 0.4) is 0 Å². The van der Waals surface area contributed by atoms with Crippen molar-refractivity contribution in [2.75, 3.05) is 16.8 Å². The molecule has 164 valence electrons. The van der Waals surface area contributed by atoms with Crippen molar-refractivity contribution in [2.45, 2.75) is 38.0 Å². The summed E-state index contributed by atoms with van der Waals surface area (Å²) in [6.07, 6.45) is 5.97. The van der Waals surface area contributed by atoms with E-state index in [1.807, 2.05) is 4.90 Å². The molecule has 0 bridgehead atoms. The molecule has 32 heavy (non-hydrogen) atoms. The van der Waals surface area contributed by atoms with Gasteiger partial charge in [0.05, 0.1) is 17.6 Å². The average molecular weight is 440 g/mol. The second-order valence-electron chi connectivity index (χ2n) is 8.31. The molecule has 4 heterocycles. The number of carbonyl (C=O) groups is 1. The molecule has 0 saturated heterocycles. The van der Waals surface area contributed by atoms with Crippen LogP contribution in [-0.4, -0.2) is 32.4 Å². The first-order valence-electron chi connectivity index (χ1n) is 10.1. The van der Waals surface area contributed by atoms with Gasteiger partial charge in [-0.2, -0.15) is 8.78 Å². The van der Waals surface area contributed by atoms with E-state index in [1.165, 1.54) is 25.3 Å². The van der Waals surface area contributed by atoms with Crippen molar-refractivity contribution in [1.82, 2.24) is 19.9 Å². The normalized spacial score (nSPS) is 16.2. The van der Waals surface area contributed by atoms with Crippen molar-refractivity contribution >= 4 is 23.2 Å². The molecule has 3 aromatic rings. The number of alkyl halides is 2. The number of halogens is 3. The Morgan fingerprint density at radius 1 is 1.22 bits per heavy atom. The number of nitrogens with zero attached hydrogens (tertiary/aromatic N) is 5. The molecule has 1 N–H and O–H groups in total. The standard InChI is InChI=1S/C22H19F3N6O/c1-12(32)28-18-8-17-14(9-27-18)22(4-5-22)11-31(17)19-7-16(13-3-6-26-10-15(13)23)29-20(30-19)21(2,24)25/h3,6-10H,4-5,11H2,1-2H3,(H,27,28,32). The van der Waals surface area contributed by atoms with Crippen molar-refractivity contribution in [2.24, 2.45) is 0 Å². The van der Waals surface area contributed by atoms with E-state index in [0.717, 1.165) is 30.3 Å². The summed E-state index contributed by atoms with van der Waals surface area (Å²) >= 11 is 0. The average Bonchev–Trinajstić information content (AvgIpc) is 3.44. The first kappa shape index (κ1) is 20.3. The summed E-state index contributed by atoms with van der Waals surface area (Å²) in [5.41, 5.74) is 1.68. The van der Waals surface area contributed by atoms with Gasteiger partial charge in [0.15, 0.2) is 5.82 Å². The lowest BCUT2D eigenvalue weighted by atomic mass is 10.0. The molecule has 1 amide bonds. The fourth-order valence-electron chi connectivity index (χ4n) is 4.07. The number of nitrogens with one attached hydrogen (secondary N) is 1. The highest BCUT2D eigenvalue weighted by molar-refractivity contribution is 5.89. The number of carbonyl (C=O) groups excluding carboxylic acids is 1. The van der Waals surface area contributed by atoms with Gasteiger partial charge in [0, 0.05) is 61.5 Å². The maximum atomic E-state index is 14.4. The lowest BCUT2D eigenvalue weighted by Gasteiger charge is -2.22. The van der Waals surface area contributed by atoms with Crippen molar-refractivity contribution in [3.8, 4) is 11.3 Å². The Bertz CT molecular complexity index is 1240. The molecular formula is C22H19F3N6O. The summed E-state index contributed by atoms with van der Waals surface area (Å²) in [7, 11) is 0. The van der Waals surface area contributed by atoms with Crippen LogP contribution in [0.2, 0.25) is 0 Å². The SMILES string of the molecule is CC(=O)Nc1cc2c(cn1)C1(CC1)CN2c1cc(-c2ccncc2F)nc(C(C)(F)F)n1. The van der Waals surface area contributed by atoms with Crippen LogP contribution in [0, 0.1) is 5.82 Å². The van der Waals surface area contributed by atoms with E-state index >= 15 is 0 Å². The Labute approximate surface area is 181 Å². The maximum Gasteiger partial charge on any atom is 0.303 e. The van der Waals surface area contributed by atoms with E-state index < -0.39 is 17.6 Å². The van der Waals surface area contributed by atoms with Gasteiger partial charge in [0.25, 0.3) is 0 Å². The molecule has 0 radical (unpaired) electrons. The Hall–Kier alpha value is -3.56. The second kappa shape index (κ2) is 6.98. The van der Waals surface area contributed by atoms with E-state index in [4.69, 9.17) is 0 Å². The molecule has 2 aliphatic rings. The van der Waals surface area contributed by atoms with Gasteiger partial charge in [-0.05, 0) is 18.9 Å². The molecule has 1 aliphatic carbocycles. The largest absolute Gasteiger partial charge is 0.325 e. The Balaban J connectivity index is 1.66. The summed E-state index contributed by atoms with van der Waals surface area (Å²) in [5, 5.41) is 2.65. The first-order valence-corrected chi connectivity index (χ1v) is 10.1. The first-order chi connectivity index (χ1) is 15.2. The van der Waals surface area contributed by atoms with Gasteiger partial charge >= 0.3 is 5.92 Å². The molecule has 10 heteroatoms. The zero-order valence-corrected chi connectivity index (χ0v) is 17.4. The minimum Gasteiger partial charge on any atom is -0.325 e. The second-order valence-corrected chi connectivity index (χ2v) is 8.31. The number of hydrogen-bond acceptors (Lipinski definition) is 6. The summed E-state index contributed by atoms with van der Waals surface area (Å²) in [6, 6.07) is 4.60. The third-order valence-corrected chi connectivity index (χ3v) is 5.79. The Morgan fingerprint density at radius 2 is 2.00 bits per heavy atom. The van der Waals surface area contributed by atoms with Crippen LogP contribution >= 0.6 is 0 Å². The van der Waals surface area contributed by atoms with Crippen LogP contribution in [-0.2, 0) is 16.1 Å². The minimum absolute atomic E-state index is 0.0425. The molecule has 1 saturated carbocycles. The van der Waals surface area contributed by atoms with Gasteiger partial charge in [-0.1, -0.05) is 0 Å². The van der Waals surface area contributed by atoms with Crippen LogP contribution < -0.4 is 10.2 Å². The fourth-order valence-corrected chi connectivity index (χ4v) is 4.07. The van der Waals surface area contributed by atoms with E-state index in [2.05, 4.69) is 25.3 Å². The van der Waals surface area contributed by atoms with Crippen molar-refractivity contribution in [1.29, 1.82) is 0 Å². The van der Waals surface area contributed by atoms with Crippen molar-refractivity contribution in [3.05, 3.63) is 54.0 Å². The number of hydrogen-bond donors (Lipinski definition) is 1. The molecule has 3 aromatic heterocycles. The van der Waals surface area contributed by atoms with Crippen LogP contribution in [0.5, 0.6) is 0 Å². The quantitative estimate of drug-likeness (QED) is 0.650. The number of aromatic nitrogens is 4. The van der Waals surface area contributed by atoms with Gasteiger partial charge in [-0.15, -0.1) is 0 Å². The van der Waals surface area contributed by atoms with E-state index in [9.17, 15) is 18.0 Å². The zero-order valence-electron chi connectivity index (χ0n) is 17.4. The van der Waals surface area contributed by atoms with Crippen LogP contribution in [0.15, 0.2) is 36.8 Å². The number of amides is 1. The van der Waals surface area contributed by atoms with E-state index in [0.29, 0.717) is 19.3 Å². The monoisotopic (exact) mass is 440 g/mol. The third kappa shape index (κ3) is 3.45. The molecule has 0 unspecified atom stereocenters. The number of rotatable bonds is 4. The predicted octanol–water partition coefficient (Wildman–Crippen LogP) is 4.33. The van der Waals surface area contributed by atoms with Crippen molar-refractivity contribution in [3.63, 3.8) is 0 Å². The molecule has 0 aromatic carbocycles. The van der Waals surface area contributed by atoms with E-state index in [1.54, 1.807) is 12.3 Å². The topological polar surface area (TPSA) is 83.9 Å².